The Hall–Kier alpha value is -1.06. The first-order chi connectivity index (χ1) is 9.72. The minimum absolute atomic E-state index is 0.202. The minimum atomic E-state index is -0.304. The smallest absolute Gasteiger partial charge is 0.328 e. The monoisotopic (exact) mass is 277 g/mol. The fourth-order valence-corrected chi connectivity index (χ4v) is 5.36. The average molecular weight is 277 g/mol. The molecule has 4 rings (SSSR count). The molecule has 5 unspecified atom stereocenters. The van der Waals surface area contributed by atoms with Crippen LogP contribution in [0.5, 0.6) is 0 Å². The summed E-state index contributed by atoms with van der Waals surface area (Å²) in [6.07, 6.45) is 5.73. The predicted octanol–water partition coefficient (Wildman–Crippen LogP) is 1.83. The number of fused-ring (bicyclic) bond motifs is 5. The van der Waals surface area contributed by atoms with E-state index in [1.807, 2.05) is 11.8 Å². The summed E-state index contributed by atoms with van der Waals surface area (Å²) in [6, 6.07) is -0.304. The zero-order valence-corrected chi connectivity index (χ0v) is 12.1. The largest absolute Gasteiger partial charge is 0.464 e. The standard InChI is InChI=1S/C16H23NO3/c1-2-20-16(19)11-4-3-7-17(11)15(18)14-12-9-5-6-10(8-9)13(12)14/h9-14H,2-8H2,1H3. The van der Waals surface area contributed by atoms with Gasteiger partial charge in [-0.15, -0.1) is 0 Å². The Kier molecular flexibility index (Phi) is 2.83. The summed E-state index contributed by atoms with van der Waals surface area (Å²) in [6.45, 7) is 2.96. The number of esters is 1. The number of rotatable bonds is 3. The first-order valence-corrected chi connectivity index (χ1v) is 8.19. The summed E-state index contributed by atoms with van der Waals surface area (Å²) < 4.78 is 5.12. The van der Waals surface area contributed by atoms with Crippen LogP contribution in [0.3, 0.4) is 0 Å². The van der Waals surface area contributed by atoms with Gasteiger partial charge in [0.1, 0.15) is 6.04 Å². The molecular weight excluding hydrogens is 254 g/mol. The molecule has 0 aromatic heterocycles. The Morgan fingerprint density at radius 1 is 1.15 bits per heavy atom. The van der Waals surface area contributed by atoms with Crippen molar-refractivity contribution in [2.24, 2.45) is 29.6 Å². The number of ether oxygens (including phenoxy) is 1. The van der Waals surface area contributed by atoms with E-state index < -0.39 is 0 Å². The van der Waals surface area contributed by atoms with Crippen molar-refractivity contribution in [1.82, 2.24) is 4.90 Å². The van der Waals surface area contributed by atoms with Gasteiger partial charge in [0, 0.05) is 12.5 Å². The summed E-state index contributed by atoms with van der Waals surface area (Å²) in [5.74, 6) is 3.23. The molecule has 1 aliphatic heterocycles. The van der Waals surface area contributed by atoms with Gasteiger partial charge in [0.25, 0.3) is 0 Å². The van der Waals surface area contributed by atoms with Gasteiger partial charge >= 0.3 is 5.97 Å². The lowest BCUT2D eigenvalue weighted by atomic mass is 10.0. The number of nitrogens with zero attached hydrogens (tertiary/aromatic N) is 1. The van der Waals surface area contributed by atoms with Crippen LogP contribution in [0.4, 0.5) is 0 Å². The van der Waals surface area contributed by atoms with E-state index >= 15 is 0 Å². The Labute approximate surface area is 119 Å². The first-order valence-electron chi connectivity index (χ1n) is 8.19. The second-order valence-electron chi connectivity index (χ2n) is 6.96. The van der Waals surface area contributed by atoms with Gasteiger partial charge in [-0.25, -0.2) is 4.79 Å². The third-order valence-electron chi connectivity index (χ3n) is 6.12. The fourth-order valence-electron chi connectivity index (χ4n) is 5.36. The molecule has 0 aromatic carbocycles. The lowest BCUT2D eigenvalue weighted by molar-refractivity contribution is -0.153. The Morgan fingerprint density at radius 2 is 1.85 bits per heavy atom. The summed E-state index contributed by atoms with van der Waals surface area (Å²) in [7, 11) is 0. The number of hydrogen-bond donors (Lipinski definition) is 0. The quantitative estimate of drug-likeness (QED) is 0.739. The molecule has 5 atom stereocenters. The van der Waals surface area contributed by atoms with Crippen LogP contribution in [0.2, 0.25) is 0 Å². The van der Waals surface area contributed by atoms with Crippen molar-refractivity contribution in [3.8, 4) is 0 Å². The molecule has 110 valence electrons. The molecule has 4 fully saturated rings. The van der Waals surface area contributed by atoms with Crippen LogP contribution in [0.25, 0.3) is 0 Å². The van der Waals surface area contributed by atoms with E-state index in [0.29, 0.717) is 18.4 Å². The summed E-state index contributed by atoms with van der Waals surface area (Å²) in [5.41, 5.74) is 0. The third kappa shape index (κ3) is 1.66. The van der Waals surface area contributed by atoms with Gasteiger partial charge in [-0.05, 0) is 62.7 Å². The molecule has 4 nitrogen and oxygen atoms in total. The topological polar surface area (TPSA) is 46.6 Å². The van der Waals surface area contributed by atoms with Crippen LogP contribution in [-0.2, 0) is 14.3 Å². The normalized spacial score (nSPS) is 44.5. The number of likely N-dealkylation sites (tertiary alicyclic amines) is 1. The molecule has 1 saturated heterocycles. The molecule has 1 heterocycles. The maximum absolute atomic E-state index is 12.8. The van der Waals surface area contributed by atoms with Gasteiger partial charge in [0.15, 0.2) is 0 Å². The molecule has 0 aromatic rings. The van der Waals surface area contributed by atoms with E-state index in [1.54, 1.807) is 0 Å². The van der Waals surface area contributed by atoms with E-state index in [-0.39, 0.29) is 23.8 Å². The third-order valence-corrected chi connectivity index (χ3v) is 6.12. The highest BCUT2D eigenvalue weighted by Gasteiger charge is 2.68. The van der Waals surface area contributed by atoms with E-state index in [2.05, 4.69) is 0 Å². The van der Waals surface area contributed by atoms with Gasteiger partial charge in [-0.3, -0.25) is 4.79 Å². The van der Waals surface area contributed by atoms with Crippen LogP contribution in [0, 0.1) is 29.6 Å². The first kappa shape index (κ1) is 12.7. The van der Waals surface area contributed by atoms with E-state index in [9.17, 15) is 9.59 Å². The number of amides is 1. The molecule has 20 heavy (non-hydrogen) atoms. The van der Waals surface area contributed by atoms with Gasteiger partial charge in [-0.2, -0.15) is 0 Å². The SMILES string of the molecule is CCOC(=O)C1CCCN1C(=O)C1C2C3CCC(C3)C12. The average Bonchev–Trinajstić information content (AvgIpc) is 2.86. The van der Waals surface area contributed by atoms with E-state index in [0.717, 1.165) is 31.2 Å². The van der Waals surface area contributed by atoms with Crippen LogP contribution in [0.1, 0.15) is 39.0 Å². The van der Waals surface area contributed by atoms with Crippen molar-refractivity contribution in [2.45, 2.75) is 45.1 Å². The molecular formula is C16H23NO3. The van der Waals surface area contributed by atoms with E-state index in [4.69, 9.17) is 4.74 Å². The highest BCUT2D eigenvalue weighted by atomic mass is 16.5. The van der Waals surface area contributed by atoms with Gasteiger partial charge in [0.05, 0.1) is 6.61 Å². The molecule has 0 radical (unpaired) electrons. The molecule has 2 bridgehead atoms. The number of carbonyl (C=O) groups is 2. The molecule has 1 amide bonds. The second kappa shape index (κ2) is 4.47. The zero-order chi connectivity index (χ0) is 13.9. The molecule has 0 N–H and O–H groups in total. The Morgan fingerprint density at radius 3 is 2.50 bits per heavy atom. The highest BCUT2D eigenvalue weighted by molar-refractivity contribution is 5.88. The summed E-state index contributed by atoms with van der Waals surface area (Å²) in [4.78, 5) is 26.6. The summed E-state index contributed by atoms with van der Waals surface area (Å²) in [5, 5.41) is 0. The second-order valence-corrected chi connectivity index (χ2v) is 6.96. The lowest BCUT2D eigenvalue weighted by Crippen LogP contribution is -2.43. The van der Waals surface area contributed by atoms with Crippen molar-refractivity contribution < 1.29 is 14.3 Å². The Bertz CT molecular complexity index is 433. The van der Waals surface area contributed by atoms with Crippen LogP contribution in [0.15, 0.2) is 0 Å². The minimum Gasteiger partial charge on any atom is -0.464 e. The molecule has 4 aliphatic rings. The molecule has 4 heteroatoms. The van der Waals surface area contributed by atoms with Gasteiger partial charge < -0.3 is 9.64 Å². The molecule has 0 spiro atoms. The van der Waals surface area contributed by atoms with Crippen LogP contribution < -0.4 is 0 Å². The number of hydrogen-bond acceptors (Lipinski definition) is 3. The highest BCUT2D eigenvalue weighted by Crippen LogP contribution is 2.69. The zero-order valence-electron chi connectivity index (χ0n) is 12.1. The van der Waals surface area contributed by atoms with Crippen molar-refractivity contribution in [3.63, 3.8) is 0 Å². The Balaban J connectivity index is 1.45. The summed E-state index contributed by atoms with van der Waals surface area (Å²) >= 11 is 0. The maximum Gasteiger partial charge on any atom is 0.328 e. The molecule has 3 aliphatic carbocycles. The molecule has 3 saturated carbocycles. The maximum atomic E-state index is 12.8. The lowest BCUT2D eigenvalue weighted by Gasteiger charge is -2.24. The van der Waals surface area contributed by atoms with Crippen molar-refractivity contribution in [1.29, 1.82) is 0 Å². The fraction of sp³-hybridized carbons (Fsp3) is 0.875. The van der Waals surface area contributed by atoms with Gasteiger partial charge in [0.2, 0.25) is 5.91 Å². The predicted molar refractivity (Wildman–Crippen MR) is 72.7 cm³/mol. The van der Waals surface area contributed by atoms with Crippen LogP contribution in [-0.4, -0.2) is 36.0 Å². The van der Waals surface area contributed by atoms with E-state index in [1.165, 1.54) is 19.3 Å². The van der Waals surface area contributed by atoms with Crippen molar-refractivity contribution in [2.75, 3.05) is 13.2 Å². The van der Waals surface area contributed by atoms with Crippen molar-refractivity contribution >= 4 is 11.9 Å². The van der Waals surface area contributed by atoms with Gasteiger partial charge in [-0.1, -0.05) is 0 Å². The number of carbonyl (C=O) groups excluding carboxylic acids is 2. The van der Waals surface area contributed by atoms with Crippen molar-refractivity contribution in [3.05, 3.63) is 0 Å². The van der Waals surface area contributed by atoms with Crippen LogP contribution >= 0.6 is 0 Å².